The van der Waals surface area contributed by atoms with Crippen LogP contribution in [0.15, 0.2) is 35.6 Å². The third-order valence-electron chi connectivity index (χ3n) is 2.16. The van der Waals surface area contributed by atoms with E-state index >= 15 is 0 Å². The maximum atomic E-state index is 8.97. The number of allylic oxidation sites excluding steroid dienone is 4. The van der Waals surface area contributed by atoms with E-state index in [4.69, 9.17) is 14.7 Å². The van der Waals surface area contributed by atoms with Crippen molar-refractivity contribution < 1.29 is 9.47 Å². The molecule has 0 saturated carbocycles. The average molecular weight is 205 g/mol. The zero-order valence-corrected chi connectivity index (χ0v) is 9.06. The standard InChI is InChI=1S/C12H15NO2/c1-3-15-12-8-11(14-2)7-5-4-6-10(12)9-13/h4-7,12H,3,8H2,1-2H3. The lowest BCUT2D eigenvalue weighted by Gasteiger charge is -2.18. The highest BCUT2D eigenvalue weighted by Gasteiger charge is 2.17. The Morgan fingerprint density at radius 3 is 2.80 bits per heavy atom. The number of hydrogen-bond donors (Lipinski definition) is 0. The largest absolute Gasteiger partial charge is 0.501 e. The van der Waals surface area contributed by atoms with E-state index in [1.165, 1.54) is 0 Å². The molecule has 0 fully saturated rings. The molecular formula is C12H15NO2. The van der Waals surface area contributed by atoms with Gasteiger partial charge in [0.2, 0.25) is 0 Å². The van der Waals surface area contributed by atoms with Gasteiger partial charge in [0.05, 0.1) is 30.6 Å². The fraction of sp³-hybridized carbons (Fsp3) is 0.417. The molecule has 3 nitrogen and oxygen atoms in total. The third kappa shape index (κ3) is 3.26. The molecule has 0 aromatic rings. The first kappa shape index (κ1) is 11.5. The van der Waals surface area contributed by atoms with E-state index in [-0.39, 0.29) is 6.10 Å². The van der Waals surface area contributed by atoms with Crippen LogP contribution in [0.1, 0.15) is 13.3 Å². The molecule has 3 heteroatoms. The summed E-state index contributed by atoms with van der Waals surface area (Å²) in [5.41, 5.74) is 0.635. The minimum absolute atomic E-state index is 0.198. The van der Waals surface area contributed by atoms with Crippen LogP contribution in [0.4, 0.5) is 0 Å². The number of ether oxygens (including phenoxy) is 2. The SMILES string of the molecule is CCOC1CC(OC)=CC=CC=C1C#N. The first-order valence-electron chi connectivity index (χ1n) is 4.95. The molecule has 1 unspecified atom stereocenters. The van der Waals surface area contributed by atoms with Crippen LogP contribution in [0, 0.1) is 11.3 Å². The van der Waals surface area contributed by atoms with E-state index in [1.807, 2.05) is 25.2 Å². The molecule has 0 aromatic carbocycles. The van der Waals surface area contributed by atoms with E-state index in [0.29, 0.717) is 18.6 Å². The van der Waals surface area contributed by atoms with Crippen molar-refractivity contribution in [1.29, 1.82) is 5.26 Å². The van der Waals surface area contributed by atoms with Gasteiger partial charge in [-0.05, 0) is 19.1 Å². The van der Waals surface area contributed by atoms with Gasteiger partial charge in [0.15, 0.2) is 0 Å². The van der Waals surface area contributed by atoms with Gasteiger partial charge in [0.1, 0.15) is 0 Å². The molecule has 15 heavy (non-hydrogen) atoms. The van der Waals surface area contributed by atoms with Crippen LogP contribution in [0.25, 0.3) is 0 Å². The number of rotatable bonds is 3. The van der Waals surface area contributed by atoms with Gasteiger partial charge in [-0.2, -0.15) is 5.26 Å². The zero-order valence-electron chi connectivity index (χ0n) is 9.06. The van der Waals surface area contributed by atoms with Crippen LogP contribution in [0.2, 0.25) is 0 Å². The average Bonchev–Trinajstić information content (AvgIpc) is 2.23. The van der Waals surface area contributed by atoms with Crippen LogP contribution >= 0.6 is 0 Å². The highest BCUT2D eigenvalue weighted by Crippen LogP contribution is 2.18. The lowest BCUT2D eigenvalue weighted by atomic mass is 10.0. The Morgan fingerprint density at radius 1 is 1.47 bits per heavy atom. The molecule has 0 aliphatic heterocycles. The molecule has 1 atom stereocenters. The number of nitrogens with zero attached hydrogens (tertiary/aromatic N) is 1. The van der Waals surface area contributed by atoms with Gasteiger partial charge in [-0.3, -0.25) is 0 Å². The molecule has 0 bridgehead atoms. The lowest BCUT2D eigenvalue weighted by Crippen LogP contribution is -2.17. The first-order chi connectivity index (χ1) is 7.31. The fourth-order valence-electron chi connectivity index (χ4n) is 1.40. The minimum atomic E-state index is -0.198. The molecule has 0 saturated heterocycles. The Kier molecular flexibility index (Phi) is 4.65. The number of methoxy groups -OCH3 is 1. The molecule has 0 spiro atoms. The van der Waals surface area contributed by atoms with Crippen LogP contribution < -0.4 is 0 Å². The summed E-state index contributed by atoms with van der Waals surface area (Å²) in [6.45, 7) is 2.50. The van der Waals surface area contributed by atoms with Gasteiger partial charge in [-0.15, -0.1) is 0 Å². The van der Waals surface area contributed by atoms with E-state index in [2.05, 4.69) is 6.07 Å². The summed E-state index contributed by atoms with van der Waals surface area (Å²) >= 11 is 0. The molecule has 1 aliphatic carbocycles. The minimum Gasteiger partial charge on any atom is -0.501 e. The molecular weight excluding hydrogens is 190 g/mol. The van der Waals surface area contributed by atoms with Crippen molar-refractivity contribution in [2.45, 2.75) is 19.4 Å². The highest BCUT2D eigenvalue weighted by atomic mass is 16.5. The molecule has 0 aromatic heterocycles. The quantitative estimate of drug-likeness (QED) is 0.710. The van der Waals surface area contributed by atoms with Gasteiger partial charge >= 0.3 is 0 Å². The Balaban J connectivity index is 2.88. The summed E-state index contributed by atoms with van der Waals surface area (Å²) in [6, 6.07) is 2.15. The van der Waals surface area contributed by atoms with E-state index < -0.39 is 0 Å². The fourth-order valence-corrected chi connectivity index (χ4v) is 1.40. The van der Waals surface area contributed by atoms with Gasteiger partial charge in [-0.1, -0.05) is 12.2 Å². The molecule has 1 rings (SSSR count). The molecule has 80 valence electrons. The second-order valence-electron chi connectivity index (χ2n) is 3.10. The van der Waals surface area contributed by atoms with Crippen LogP contribution in [0.5, 0.6) is 0 Å². The van der Waals surface area contributed by atoms with Crippen LogP contribution in [0.3, 0.4) is 0 Å². The predicted molar refractivity (Wildman–Crippen MR) is 58.0 cm³/mol. The Hall–Kier alpha value is -1.53. The molecule has 1 aliphatic rings. The zero-order chi connectivity index (χ0) is 11.1. The summed E-state index contributed by atoms with van der Waals surface area (Å²) in [5, 5.41) is 8.97. The van der Waals surface area contributed by atoms with E-state index in [9.17, 15) is 0 Å². The smallest absolute Gasteiger partial charge is 0.0993 e. The first-order valence-corrected chi connectivity index (χ1v) is 4.95. The van der Waals surface area contributed by atoms with E-state index in [1.54, 1.807) is 13.2 Å². The third-order valence-corrected chi connectivity index (χ3v) is 2.16. The molecule has 0 heterocycles. The summed E-state index contributed by atoms with van der Waals surface area (Å²) in [5.74, 6) is 0.825. The molecule has 0 N–H and O–H groups in total. The summed E-state index contributed by atoms with van der Waals surface area (Å²) < 4.78 is 10.7. The molecule has 0 radical (unpaired) electrons. The summed E-state index contributed by atoms with van der Waals surface area (Å²) in [4.78, 5) is 0. The van der Waals surface area contributed by atoms with Crippen molar-refractivity contribution in [2.24, 2.45) is 0 Å². The Bertz CT molecular complexity index is 334. The Labute approximate surface area is 90.3 Å². The summed E-state index contributed by atoms with van der Waals surface area (Å²) in [6.07, 6.45) is 7.76. The lowest BCUT2D eigenvalue weighted by molar-refractivity contribution is 0.0796. The van der Waals surface area contributed by atoms with Crippen molar-refractivity contribution in [1.82, 2.24) is 0 Å². The van der Waals surface area contributed by atoms with Gasteiger partial charge < -0.3 is 9.47 Å². The van der Waals surface area contributed by atoms with Gasteiger partial charge in [0.25, 0.3) is 0 Å². The second-order valence-corrected chi connectivity index (χ2v) is 3.10. The van der Waals surface area contributed by atoms with Gasteiger partial charge in [-0.25, -0.2) is 0 Å². The second kappa shape index (κ2) is 6.05. The van der Waals surface area contributed by atoms with Crippen molar-refractivity contribution in [2.75, 3.05) is 13.7 Å². The summed E-state index contributed by atoms with van der Waals surface area (Å²) in [7, 11) is 1.63. The maximum Gasteiger partial charge on any atom is 0.0993 e. The van der Waals surface area contributed by atoms with E-state index in [0.717, 1.165) is 5.76 Å². The number of nitriles is 1. The van der Waals surface area contributed by atoms with Crippen LogP contribution in [-0.4, -0.2) is 19.8 Å². The topological polar surface area (TPSA) is 42.2 Å². The van der Waals surface area contributed by atoms with Crippen LogP contribution in [-0.2, 0) is 9.47 Å². The Morgan fingerprint density at radius 2 is 2.20 bits per heavy atom. The highest BCUT2D eigenvalue weighted by molar-refractivity contribution is 5.33. The van der Waals surface area contributed by atoms with Crippen molar-refractivity contribution in [3.8, 4) is 6.07 Å². The van der Waals surface area contributed by atoms with Crippen molar-refractivity contribution in [3.05, 3.63) is 35.6 Å². The normalized spacial score (nSPS) is 20.7. The predicted octanol–water partition coefficient (Wildman–Crippen LogP) is 2.33. The van der Waals surface area contributed by atoms with Crippen molar-refractivity contribution >= 4 is 0 Å². The number of hydrogen-bond acceptors (Lipinski definition) is 3. The van der Waals surface area contributed by atoms with Crippen molar-refractivity contribution in [3.63, 3.8) is 0 Å². The van der Waals surface area contributed by atoms with Gasteiger partial charge in [0, 0.05) is 13.0 Å². The monoisotopic (exact) mass is 205 g/mol. The maximum absolute atomic E-state index is 8.97. The molecule has 0 amide bonds.